The average Bonchev–Trinajstić information content (AvgIpc) is 2.49. The van der Waals surface area contributed by atoms with Crippen molar-refractivity contribution in [2.24, 2.45) is 0 Å². The van der Waals surface area contributed by atoms with Crippen LogP contribution in [0.1, 0.15) is 10.5 Å². The lowest BCUT2D eigenvalue weighted by Crippen LogP contribution is -1.97. The summed E-state index contributed by atoms with van der Waals surface area (Å²) in [5, 5.41) is 10.9. The molecular formula is C16H13NO2. The SMILES string of the molecule is O=C(O)c1ccccn1.c1ccc2ccccc2c1. The Hall–Kier alpha value is -2.68. The first-order valence-corrected chi connectivity index (χ1v) is 5.85. The van der Waals surface area contributed by atoms with E-state index in [9.17, 15) is 4.79 Å². The number of nitrogens with zero attached hydrogens (tertiary/aromatic N) is 1. The molecule has 3 aromatic rings. The molecule has 0 atom stereocenters. The monoisotopic (exact) mass is 251 g/mol. The molecule has 1 heterocycles. The highest BCUT2D eigenvalue weighted by molar-refractivity contribution is 5.85. The number of fused-ring (bicyclic) bond motifs is 1. The van der Waals surface area contributed by atoms with Crippen LogP contribution in [-0.2, 0) is 0 Å². The van der Waals surface area contributed by atoms with Gasteiger partial charge in [-0.3, -0.25) is 0 Å². The lowest BCUT2D eigenvalue weighted by atomic mass is 10.1. The van der Waals surface area contributed by atoms with Gasteiger partial charge < -0.3 is 5.11 Å². The number of carbonyl (C=O) groups is 1. The Morgan fingerprint density at radius 3 is 1.58 bits per heavy atom. The Labute approximate surface area is 111 Å². The smallest absolute Gasteiger partial charge is 0.354 e. The van der Waals surface area contributed by atoms with Crippen LogP contribution in [0.2, 0.25) is 0 Å². The maximum absolute atomic E-state index is 10.1. The molecule has 0 bridgehead atoms. The summed E-state index contributed by atoms with van der Waals surface area (Å²) in [6.45, 7) is 0. The number of carboxylic acid groups (broad SMARTS) is 1. The molecule has 0 amide bonds. The summed E-state index contributed by atoms with van der Waals surface area (Å²) in [7, 11) is 0. The molecule has 0 fully saturated rings. The van der Waals surface area contributed by atoms with Crippen molar-refractivity contribution in [2.75, 3.05) is 0 Å². The zero-order chi connectivity index (χ0) is 13.5. The van der Waals surface area contributed by atoms with Gasteiger partial charge in [0.1, 0.15) is 5.69 Å². The first kappa shape index (κ1) is 12.8. The Morgan fingerprint density at radius 1 is 0.789 bits per heavy atom. The van der Waals surface area contributed by atoms with E-state index < -0.39 is 5.97 Å². The third-order valence-corrected chi connectivity index (χ3v) is 2.54. The molecule has 1 N–H and O–H groups in total. The highest BCUT2D eigenvalue weighted by atomic mass is 16.4. The van der Waals surface area contributed by atoms with Gasteiger partial charge in [0.05, 0.1) is 0 Å². The fourth-order valence-corrected chi connectivity index (χ4v) is 1.62. The Kier molecular flexibility index (Phi) is 4.24. The fraction of sp³-hybridized carbons (Fsp3) is 0. The number of rotatable bonds is 1. The van der Waals surface area contributed by atoms with Crippen molar-refractivity contribution in [1.29, 1.82) is 0 Å². The molecule has 0 spiro atoms. The van der Waals surface area contributed by atoms with Gasteiger partial charge in [-0.05, 0) is 22.9 Å². The molecule has 19 heavy (non-hydrogen) atoms. The van der Waals surface area contributed by atoms with E-state index in [2.05, 4.69) is 53.5 Å². The van der Waals surface area contributed by atoms with E-state index in [4.69, 9.17) is 5.11 Å². The Morgan fingerprint density at radius 2 is 1.26 bits per heavy atom. The van der Waals surface area contributed by atoms with E-state index in [-0.39, 0.29) is 5.69 Å². The van der Waals surface area contributed by atoms with Crippen LogP contribution in [0.5, 0.6) is 0 Å². The van der Waals surface area contributed by atoms with Crippen molar-refractivity contribution in [3.05, 3.63) is 78.6 Å². The molecule has 1 aromatic heterocycles. The molecule has 3 heteroatoms. The van der Waals surface area contributed by atoms with Gasteiger partial charge in [0.25, 0.3) is 0 Å². The van der Waals surface area contributed by atoms with Crippen molar-refractivity contribution >= 4 is 16.7 Å². The number of aromatic carboxylic acids is 1. The second-order valence-electron chi connectivity index (χ2n) is 3.87. The molecule has 3 rings (SSSR count). The number of hydrogen-bond acceptors (Lipinski definition) is 2. The third kappa shape index (κ3) is 3.64. The van der Waals surface area contributed by atoms with Crippen molar-refractivity contribution in [3.8, 4) is 0 Å². The number of hydrogen-bond donors (Lipinski definition) is 1. The van der Waals surface area contributed by atoms with E-state index in [1.54, 1.807) is 12.1 Å². The van der Waals surface area contributed by atoms with E-state index in [1.165, 1.54) is 23.0 Å². The summed E-state index contributed by atoms with van der Waals surface area (Å²) in [5.74, 6) is -0.990. The van der Waals surface area contributed by atoms with Gasteiger partial charge in [-0.15, -0.1) is 0 Å². The molecular weight excluding hydrogens is 238 g/mol. The van der Waals surface area contributed by atoms with E-state index in [0.717, 1.165) is 0 Å². The number of pyridine rings is 1. The summed E-state index contributed by atoms with van der Waals surface area (Å²) in [5.41, 5.74) is 0.0810. The van der Waals surface area contributed by atoms with Crippen LogP contribution in [0, 0.1) is 0 Å². The quantitative estimate of drug-likeness (QED) is 0.718. The van der Waals surface area contributed by atoms with Crippen LogP contribution in [0.3, 0.4) is 0 Å². The summed E-state index contributed by atoms with van der Waals surface area (Å²) in [6.07, 6.45) is 1.45. The minimum Gasteiger partial charge on any atom is -0.477 e. The summed E-state index contributed by atoms with van der Waals surface area (Å²) < 4.78 is 0. The molecule has 0 aliphatic rings. The number of benzene rings is 2. The standard InChI is InChI=1S/C10H8.C6H5NO2/c1-2-6-10-8-4-3-7-9(10)5-1;8-6(9)5-3-1-2-4-7-5/h1-8H;1-4H,(H,8,9). The van der Waals surface area contributed by atoms with Crippen molar-refractivity contribution in [1.82, 2.24) is 4.98 Å². The fourth-order valence-electron chi connectivity index (χ4n) is 1.62. The van der Waals surface area contributed by atoms with Crippen molar-refractivity contribution in [3.63, 3.8) is 0 Å². The van der Waals surface area contributed by atoms with Gasteiger partial charge in [0, 0.05) is 6.20 Å². The molecule has 0 unspecified atom stereocenters. The molecule has 94 valence electrons. The van der Waals surface area contributed by atoms with Crippen LogP contribution in [0.4, 0.5) is 0 Å². The Balaban J connectivity index is 0.000000141. The van der Waals surface area contributed by atoms with Gasteiger partial charge in [-0.1, -0.05) is 54.6 Å². The summed E-state index contributed by atoms with van der Waals surface area (Å²) in [4.78, 5) is 13.7. The van der Waals surface area contributed by atoms with Crippen molar-refractivity contribution in [2.45, 2.75) is 0 Å². The zero-order valence-corrected chi connectivity index (χ0v) is 10.2. The largest absolute Gasteiger partial charge is 0.477 e. The maximum atomic E-state index is 10.1. The highest BCUT2D eigenvalue weighted by Gasteiger charge is 1.98. The Bertz CT molecular complexity index is 600. The predicted octanol–water partition coefficient (Wildman–Crippen LogP) is 3.62. The summed E-state index contributed by atoms with van der Waals surface area (Å²) in [6, 6.07) is 21.5. The van der Waals surface area contributed by atoms with Crippen LogP contribution < -0.4 is 0 Å². The molecule has 0 radical (unpaired) electrons. The molecule has 0 aliphatic heterocycles. The minimum atomic E-state index is -0.990. The maximum Gasteiger partial charge on any atom is 0.354 e. The second-order valence-corrected chi connectivity index (χ2v) is 3.87. The molecule has 0 saturated carbocycles. The second kappa shape index (κ2) is 6.31. The molecule has 0 saturated heterocycles. The third-order valence-electron chi connectivity index (χ3n) is 2.54. The number of carboxylic acids is 1. The normalized spacial score (nSPS) is 9.47. The van der Waals surface area contributed by atoms with Crippen molar-refractivity contribution < 1.29 is 9.90 Å². The topological polar surface area (TPSA) is 50.2 Å². The van der Waals surface area contributed by atoms with Crippen LogP contribution in [0.15, 0.2) is 72.9 Å². The van der Waals surface area contributed by atoms with Crippen LogP contribution in [0.25, 0.3) is 10.8 Å². The van der Waals surface area contributed by atoms with E-state index in [0.29, 0.717) is 0 Å². The average molecular weight is 251 g/mol. The van der Waals surface area contributed by atoms with E-state index >= 15 is 0 Å². The highest BCUT2D eigenvalue weighted by Crippen LogP contribution is 2.11. The van der Waals surface area contributed by atoms with Crippen LogP contribution >= 0.6 is 0 Å². The molecule has 2 aromatic carbocycles. The zero-order valence-electron chi connectivity index (χ0n) is 10.2. The minimum absolute atomic E-state index is 0.0810. The summed E-state index contributed by atoms with van der Waals surface area (Å²) >= 11 is 0. The van der Waals surface area contributed by atoms with Gasteiger partial charge in [0.2, 0.25) is 0 Å². The predicted molar refractivity (Wildman–Crippen MR) is 75.1 cm³/mol. The first-order chi connectivity index (χ1) is 9.27. The van der Waals surface area contributed by atoms with Gasteiger partial charge in [-0.2, -0.15) is 0 Å². The van der Waals surface area contributed by atoms with Gasteiger partial charge >= 0.3 is 5.97 Å². The molecule has 3 nitrogen and oxygen atoms in total. The van der Waals surface area contributed by atoms with Gasteiger partial charge in [0.15, 0.2) is 0 Å². The first-order valence-electron chi connectivity index (χ1n) is 5.85. The molecule has 0 aliphatic carbocycles. The number of aromatic nitrogens is 1. The van der Waals surface area contributed by atoms with Gasteiger partial charge in [-0.25, -0.2) is 9.78 Å². The lowest BCUT2D eigenvalue weighted by molar-refractivity contribution is 0.0690. The van der Waals surface area contributed by atoms with Crippen LogP contribution in [-0.4, -0.2) is 16.1 Å². The lowest BCUT2D eigenvalue weighted by Gasteiger charge is -1.92. The van der Waals surface area contributed by atoms with E-state index in [1.807, 2.05) is 0 Å².